The molecule has 0 radical (unpaired) electrons. The lowest BCUT2D eigenvalue weighted by atomic mass is 9.88. The summed E-state index contributed by atoms with van der Waals surface area (Å²) < 4.78 is 6.38. The fourth-order valence-electron chi connectivity index (χ4n) is 3.23. The molecule has 25 heavy (non-hydrogen) atoms. The summed E-state index contributed by atoms with van der Waals surface area (Å²) in [7, 11) is 2.03. The van der Waals surface area contributed by atoms with Crippen LogP contribution in [0, 0.1) is 5.41 Å². The Bertz CT molecular complexity index is 964. The minimum Gasteiger partial charge on any atom is -0.454 e. The van der Waals surface area contributed by atoms with E-state index in [0.717, 1.165) is 27.8 Å². The van der Waals surface area contributed by atoms with Gasteiger partial charge in [0.1, 0.15) is 17.4 Å². The standard InChI is InChI=1S/C21H25N3O/c1-13(21(2,3)4)23-20-19-17(22-12-24(20)5)16-11-10-14-8-6-7-9-15(14)18(16)25-19/h6-13,20,23H,1-5H3/t13-,20?/m1/s1. The Balaban J connectivity index is 1.86. The topological polar surface area (TPSA) is 40.8 Å². The van der Waals surface area contributed by atoms with E-state index in [1.165, 1.54) is 5.39 Å². The minimum atomic E-state index is -0.0205. The van der Waals surface area contributed by atoms with Crippen LogP contribution in [0.4, 0.5) is 5.69 Å². The predicted molar refractivity (Wildman–Crippen MR) is 104 cm³/mol. The van der Waals surface area contributed by atoms with E-state index in [0.29, 0.717) is 6.04 Å². The summed E-state index contributed by atoms with van der Waals surface area (Å²) in [6, 6.07) is 12.9. The van der Waals surface area contributed by atoms with Crippen LogP contribution in [-0.4, -0.2) is 24.3 Å². The first kappa shape index (κ1) is 16.2. The van der Waals surface area contributed by atoms with Gasteiger partial charge in [-0.2, -0.15) is 0 Å². The molecule has 0 saturated carbocycles. The van der Waals surface area contributed by atoms with Crippen LogP contribution in [0.1, 0.15) is 39.6 Å². The molecular weight excluding hydrogens is 310 g/mol. The second-order valence-electron chi connectivity index (χ2n) is 8.05. The molecule has 0 bridgehead atoms. The monoisotopic (exact) mass is 335 g/mol. The fraction of sp³-hybridized carbons (Fsp3) is 0.381. The molecule has 2 aromatic carbocycles. The SMILES string of the molecule is C[C@@H](NC1c2oc3c(ccc4ccccc43)c2N=CN1C)C(C)(C)C. The third-order valence-electron chi connectivity index (χ3n) is 5.31. The average molecular weight is 335 g/mol. The lowest BCUT2D eigenvalue weighted by molar-refractivity contribution is 0.190. The van der Waals surface area contributed by atoms with Gasteiger partial charge in [-0.3, -0.25) is 5.32 Å². The summed E-state index contributed by atoms with van der Waals surface area (Å²) in [5.41, 5.74) is 2.03. The molecule has 0 spiro atoms. The normalized spacial score (nSPS) is 18.8. The van der Waals surface area contributed by atoms with Gasteiger partial charge in [-0.1, -0.05) is 51.1 Å². The summed E-state index contributed by atoms with van der Waals surface area (Å²) in [6.07, 6.45) is 1.87. The summed E-state index contributed by atoms with van der Waals surface area (Å²) in [5, 5.41) is 7.11. The molecule has 1 unspecified atom stereocenters. The Morgan fingerprint density at radius 3 is 2.64 bits per heavy atom. The quantitative estimate of drug-likeness (QED) is 0.698. The third-order valence-corrected chi connectivity index (χ3v) is 5.31. The van der Waals surface area contributed by atoms with Crippen LogP contribution in [0.3, 0.4) is 0 Å². The van der Waals surface area contributed by atoms with Crippen LogP contribution in [0.25, 0.3) is 21.7 Å². The Morgan fingerprint density at radius 2 is 1.88 bits per heavy atom. The van der Waals surface area contributed by atoms with E-state index < -0.39 is 0 Å². The van der Waals surface area contributed by atoms with Crippen molar-refractivity contribution >= 4 is 33.8 Å². The van der Waals surface area contributed by atoms with Gasteiger partial charge in [0.25, 0.3) is 0 Å². The molecular formula is C21H25N3O. The first-order valence-corrected chi connectivity index (χ1v) is 8.82. The zero-order chi connectivity index (χ0) is 17.8. The van der Waals surface area contributed by atoms with Crippen LogP contribution in [0.5, 0.6) is 0 Å². The molecule has 0 amide bonds. The van der Waals surface area contributed by atoms with E-state index in [-0.39, 0.29) is 11.6 Å². The summed E-state index contributed by atoms with van der Waals surface area (Å²) >= 11 is 0. The van der Waals surface area contributed by atoms with Crippen molar-refractivity contribution in [3.63, 3.8) is 0 Å². The van der Waals surface area contributed by atoms with Crippen molar-refractivity contribution < 1.29 is 4.42 Å². The third kappa shape index (κ3) is 2.61. The smallest absolute Gasteiger partial charge is 0.168 e. The van der Waals surface area contributed by atoms with E-state index in [4.69, 9.17) is 4.42 Å². The lowest BCUT2D eigenvalue weighted by Gasteiger charge is -2.36. The molecule has 3 aromatic rings. The highest BCUT2D eigenvalue weighted by Crippen LogP contribution is 2.42. The maximum atomic E-state index is 6.38. The summed E-state index contributed by atoms with van der Waals surface area (Å²) in [5.74, 6) is 0.896. The molecule has 0 aliphatic carbocycles. The molecule has 1 aliphatic rings. The van der Waals surface area contributed by atoms with Gasteiger partial charge in [0.05, 0.1) is 6.34 Å². The van der Waals surface area contributed by atoms with E-state index in [9.17, 15) is 0 Å². The van der Waals surface area contributed by atoms with Gasteiger partial charge in [-0.15, -0.1) is 0 Å². The molecule has 0 saturated heterocycles. The van der Waals surface area contributed by atoms with E-state index in [1.54, 1.807) is 0 Å². The molecule has 1 aliphatic heterocycles. The highest BCUT2D eigenvalue weighted by molar-refractivity contribution is 6.09. The molecule has 2 atom stereocenters. The molecule has 0 fully saturated rings. The second kappa shape index (κ2) is 5.60. The first-order chi connectivity index (χ1) is 11.9. The lowest BCUT2D eigenvalue weighted by Crippen LogP contribution is -2.46. The molecule has 1 aromatic heterocycles. The zero-order valence-electron chi connectivity index (χ0n) is 15.5. The van der Waals surface area contributed by atoms with E-state index in [2.05, 4.69) is 79.3 Å². The molecule has 4 rings (SSSR count). The second-order valence-corrected chi connectivity index (χ2v) is 8.05. The fourth-order valence-corrected chi connectivity index (χ4v) is 3.23. The van der Waals surface area contributed by atoms with Gasteiger partial charge in [0.2, 0.25) is 0 Å². The van der Waals surface area contributed by atoms with Crippen molar-refractivity contribution in [3.05, 3.63) is 42.2 Å². The molecule has 1 N–H and O–H groups in total. The minimum absolute atomic E-state index is 0.0205. The number of hydrogen-bond acceptors (Lipinski definition) is 4. The Morgan fingerprint density at radius 1 is 1.12 bits per heavy atom. The first-order valence-electron chi connectivity index (χ1n) is 8.82. The Labute approximate surface area is 148 Å². The van der Waals surface area contributed by atoms with Gasteiger partial charge < -0.3 is 9.32 Å². The van der Waals surface area contributed by atoms with E-state index >= 15 is 0 Å². The number of nitrogens with zero attached hydrogens (tertiary/aromatic N) is 2. The van der Waals surface area contributed by atoms with Crippen LogP contribution >= 0.6 is 0 Å². The predicted octanol–water partition coefficient (Wildman–Crippen LogP) is 5.21. The number of fused-ring (bicyclic) bond motifs is 5. The Kier molecular flexibility index (Phi) is 3.62. The summed E-state index contributed by atoms with van der Waals surface area (Å²) in [6.45, 7) is 8.95. The zero-order valence-corrected chi connectivity index (χ0v) is 15.5. The largest absolute Gasteiger partial charge is 0.454 e. The molecule has 130 valence electrons. The van der Waals surface area contributed by atoms with Gasteiger partial charge in [-0.05, 0) is 23.8 Å². The highest BCUT2D eigenvalue weighted by Gasteiger charge is 2.32. The van der Waals surface area contributed by atoms with Crippen molar-refractivity contribution in [2.45, 2.75) is 39.9 Å². The van der Waals surface area contributed by atoms with Gasteiger partial charge in [-0.25, -0.2) is 4.99 Å². The van der Waals surface area contributed by atoms with Crippen LogP contribution in [-0.2, 0) is 0 Å². The number of benzene rings is 2. The van der Waals surface area contributed by atoms with Crippen molar-refractivity contribution in [3.8, 4) is 0 Å². The highest BCUT2D eigenvalue weighted by atomic mass is 16.3. The number of aliphatic imine (C=N–C) groups is 1. The summed E-state index contributed by atoms with van der Waals surface area (Å²) in [4.78, 5) is 6.73. The van der Waals surface area contributed by atoms with Crippen LogP contribution in [0.15, 0.2) is 45.8 Å². The molecule has 2 heterocycles. The molecule has 4 nitrogen and oxygen atoms in total. The van der Waals surface area contributed by atoms with Crippen LogP contribution in [0.2, 0.25) is 0 Å². The number of hydrogen-bond donors (Lipinski definition) is 1. The van der Waals surface area contributed by atoms with Crippen molar-refractivity contribution in [2.24, 2.45) is 10.4 Å². The average Bonchev–Trinajstić information content (AvgIpc) is 2.95. The Hall–Kier alpha value is -2.33. The maximum absolute atomic E-state index is 6.38. The van der Waals surface area contributed by atoms with Gasteiger partial charge >= 0.3 is 0 Å². The van der Waals surface area contributed by atoms with E-state index in [1.807, 2.05) is 13.4 Å². The van der Waals surface area contributed by atoms with Crippen molar-refractivity contribution in [2.75, 3.05) is 7.05 Å². The van der Waals surface area contributed by atoms with Crippen LogP contribution < -0.4 is 5.32 Å². The van der Waals surface area contributed by atoms with Gasteiger partial charge in [0, 0.05) is 23.9 Å². The van der Waals surface area contributed by atoms with Gasteiger partial charge in [0.15, 0.2) is 5.76 Å². The number of rotatable bonds is 2. The maximum Gasteiger partial charge on any atom is 0.168 e. The molecule has 4 heteroatoms. The number of nitrogens with one attached hydrogen (secondary N) is 1. The van der Waals surface area contributed by atoms with Crippen molar-refractivity contribution in [1.82, 2.24) is 10.2 Å². The van der Waals surface area contributed by atoms with Crippen molar-refractivity contribution in [1.29, 1.82) is 0 Å². The number of furan rings is 1.